The zero-order chi connectivity index (χ0) is 17.6. The van der Waals surface area contributed by atoms with Crippen LogP contribution < -0.4 is 10.1 Å². The molecule has 1 fully saturated rings. The Labute approximate surface area is 161 Å². The van der Waals surface area contributed by atoms with Gasteiger partial charge in [-0.2, -0.15) is 0 Å². The van der Waals surface area contributed by atoms with Crippen LogP contribution >= 0.6 is 28.6 Å². The van der Waals surface area contributed by atoms with Crippen molar-refractivity contribution in [3.05, 3.63) is 63.6 Å². The first-order chi connectivity index (χ1) is 12.0. The maximum absolute atomic E-state index is 13.3. The first-order valence-electron chi connectivity index (χ1n) is 8.27. The summed E-state index contributed by atoms with van der Waals surface area (Å²) in [6, 6.07) is 13.9. The highest BCUT2D eigenvalue weighted by atomic mass is 79.9. The van der Waals surface area contributed by atoms with Crippen molar-refractivity contribution in [3.8, 4) is 5.75 Å². The Balaban J connectivity index is 1.91. The number of rotatable bonds is 2. The van der Waals surface area contributed by atoms with Crippen LogP contribution in [0.3, 0.4) is 0 Å². The molecule has 1 saturated heterocycles. The molecule has 0 saturated carbocycles. The van der Waals surface area contributed by atoms with Crippen LogP contribution in [0, 0.1) is 0 Å². The van der Waals surface area contributed by atoms with E-state index in [9.17, 15) is 4.79 Å². The number of aryl methyl sites for hydroxylation is 1. The summed E-state index contributed by atoms with van der Waals surface area (Å²) in [5, 5.41) is 3.41. The highest BCUT2D eigenvalue weighted by Gasteiger charge is 2.51. The lowest BCUT2D eigenvalue weighted by Crippen LogP contribution is -2.45. The highest BCUT2D eigenvalue weighted by Crippen LogP contribution is 2.40. The monoisotopic (exact) mass is 418 g/mol. The molecule has 2 aliphatic heterocycles. The van der Waals surface area contributed by atoms with Gasteiger partial charge in [0.2, 0.25) is 0 Å². The fraction of sp³-hybridized carbons (Fsp3) is 0.316. The second-order valence-corrected chi connectivity index (χ2v) is 7.87. The van der Waals surface area contributed by atoms with E-state index < -0.39 is 5.54 Å². The summed E-state index contributed by atoms with van der Waals surface area (Å²) in [4.78, 5) is 14.9. The van der Waals surface area contributed by atoms with Gasteiger partial charge < -0.3 is 9.64 Å². The Morgan fingerprint density at radius 1 is 1.28 bits per heavy atom. The molecular weight excluding hydrogens is 400 g/mol. The molecule has 130 valence electrons. The molecule has 4 rings (SSSR count). The van der Waals surface area contributed by atoms with Gasteiger partial charge in [-0.05, 0) is 53.8 Å². The number of nitrogens with zero attached hydrogens (tertiary/aromatic N) is 1. The quantitative estimate of drug-likeness (QED) is 0.735. The van der Waals surface area contributed by atoms with Crippen LogP contribution in [-0.2, 0) is 16.8 Å². The van der Waals surface area contributed by atoms with Crippen molar-refractivity contribution in [1.29, 1.82) is 0 Å². The van der Waals surface area contributed by atoms with Crippen molar-refractivity contribution in [1.82, 2.24) is 10.2 Å². The number of amides is 1. The lowest BCUT2D eigenvalue weighted by atomic mass is 9.81. The molecule has 2 atom stereocenters. The molecule has 2 heterocycles. The van der Waals surface area contributed by atoms with E-state index in [0.717, 1.165) is 46.4 Å². The van der Waals surface area contributed by atoms with E-state index in [1.807, 2.05) is 36.4 Å². The number of hydrogen-bond donors (Lipinski definition) is 2. The molecule has 0 spiro atoms. The number of hydrogen-bond acceptors (Lipinski definition) is 4. The predicted molar refractivity (Wildman–Crippen MR) is 104 cm³/mol. The second-order valence-electron chi connectivity index (χ2n) is 6.47. The fourth-order valence-electron chi connectivity index (χ4n) is 3.62. The number of ether oxygens (including phenoxy) is 1. The van der Waals surface area contributed by atoms with Crippen molar-refractivity contribution in [3.63, 3.8) is 0 Å². The van der Waals surface area contributed by atoms with Crippen LogP contribution in [0.4, 0.5) is 0 Å². The summed E-state index contributed by atoms with van der Waals surface area (Å²) < 4.78 is 6.67. The van der Waals surface area contributed by atoms with E-state index in [1.54, 1.807) is 11.9 Å². The lowest BCUT2D eigenvalue weighted by molar-refractivity contribution is -0.130. The average molecular weight is 419 g/mol. The van der Waals surface area contributed by atoms with Gasteiger partial charge >= 0.3 is 0 Å². The van der Waals surface area contributed by atoms with E-state index in [1.165, 1.54) is 0 Å². The molecule has 2 aliphatic rings. The molecule has 2 aromatic rings. The smallest absolute Gasteiger partial charge is 0.253 e. The minimum absolute atomic E-state index is 0.0118. The molecule has 0 bridgehead atoms. The van der Waals surface area contributed by atoms with Crippen molar-refractivity contribution < 1.29 is 9.53 Å². The topological polar surface area (TPSA) is 41.6 Å². The number of likely N-dealkylation sites (N-methyl/N-ethyl adjacent to an activating group) is 1. The summed E-state index contributed by atoms with van der Waals surface area (Å²) in [7, 11) is 1.77. The lowest BCUT2D eigenvalue weighted by Gasteiger charge is -2.30. The van der Waals surface area contributed by atoms with Crippen molar-refractivity contribution in [2.45, 2.75) is 23.9 Å². The Morgan fingerprint density at radius 3 is 2.80 bits per heavy atom. The third kappa shape index (κ3) is 2.67. The summed E-state index contributed by atoms with van der Waals surface area (Å²) in [6.07, 6.45) is 1.96. The summed E-state index contributed by atoms with van der Waals surface area (Å²) in [5.74, 6) is 0.905. The average Bonchev–Trinajstić information content (AvgIpc) is 2.86. The van der Waals surface area contributed by atoms with E-state index in [4.69, 9.17) is 4.74 Å². The predicted octanol–water partition coefficient (Wildman–Crippen LogP) is 3.29. The Morgan fingerprint density at radius 2 is 2.08 bits per heavy atom. The number of thiol groups is 1. The van der Waals surface area contributed by atoms with Gasteiger partial charge in [0.1, 0.15) is 11.2 Å². The molecule has 2 unspecified atom stereocenters. The van der Waals surface area contributed by atoms with Gasteiger partial charge in [-0.3, -0.25) is 10.1 Å². The van der Waals surface area contributed by atoms with E-state index >= 15 is 0 Å². The minimum atomic E-state index is -0.947. The maximum Gasteiger partial charge on any atom is 0.253 e. The third-order valence-electron chi connectivity index (χ3n) is 4.95. The van der Waals surface area contributed by atoms with Crippen LogP contribution in [0.2, 0.25) is 0 Å². The van der Waals surface area contributed by atoms with Gasteiger partial charge in [-0.15, -0.1) is 12.6 Å². The van der Waals surface area contributed by atoms with Crippen molar-refractivity contribution in [2.24, 2.45) is 0 Å². The number of halogens is 1. The zero-order valence-electron chi connectivity index (χ0n) is 13.8. The van der Waals surface area contributed by atoms with Crippen LogP contribution in [0.15, 0.2) is 46.9 Å². The van der Waals surface area contributed by atoms with Gasteiger partial charge in [0.25, 0.3) is 5.91 Å². The molecule has 0 aliphatic carbocycles. The molecule has 1 N–H and O–H groups in total. The standard InChI is InChI=1S/C19H19BrN2O2S/c1-22-17(23)19(21-18(22)25,13-5-2-6-15(20)11-13)14-7-8-16-12(10-14)4-3-9-24-16/h2,5-8,10-11,18,21,25H,3-4,9H2,1H3. The summed E-state index contributed by atoms with van der Waals surface area (Å²) in [6.45, 7) is 0.752. The van der Waals surface area contributed by atoms with Gasteiger partial charge in [0.15, 0.2) is 5.54 Å². The SMILES string of the molecule is CN1C(=O)C(c2cccc(Br)c2)(c2ccc3c(c2)CCCO3)NC1S. The summed E-state index contributed by atoms with van der Waals surface area (Å²) >= 11 is 8.07. The van der Waals surface area contributed by atoms with E-state index in [2.05, 4.69) is 39.9 Å². The van der Waals surface area contributed by atoms with Crippen LogP contribution in [0.25, 0.3) is 0 Å². The van der Waals surface area contributed by atoms with Crippen LogP contribution in [0.1, 0.15) is 23.1 Å². The van der Waals surface area contributed by atoms with Gasteiger partial charge in [0, 0.05) is 11.5 Å². The van der Waals surface area contributed by atoms with Crippen molar-refractivity contribution in [2.75, 3.05) is 13.7 Å². The van der Waals surface area contributed by atoms with Crippen LogP contribution in [-0.4, -0.2) is 30.0 Å². The number of benzene rings is 2. The molecule has 0 radical (unpaired) electrons. The number of nitrogens with one attached hydrogen (secondary N) is 1. The molecule has 2 aromatic carbocycles. The summed E-state index contributed by atoms with van der Waals surface area (Å²) in [5.41, 5.74) is 1.67. The zero-order valence-corrected chi connectivity index (χ0v) is 16.3. The molecule has 0 aromatic heterocycles. The molecule has 6 heteroatoms. The van der Waals surface area contributed by atoms with Crippen molar-refractivity contribution >= 4 is 34.5 Å². The molecule has 4 nitrogen and oxygen atoms in total. The van der Waals surface area contributed by atoms with Gasteiger partial charge in [0.05, 0.1) is 6.61 Å². The normalized spacial score (nSPS) is 25.6. The molecule has 25 heavy (non-hydrogen) atoms. The Bertz CT molecular complexity index is 844. The fourth-order valence-corrected chi connectivity index (χ4v) is 4.32. The van der Waals surface area contributed by atoms with Gasteiger partial charge in [-0.1, -0.05) is 34.1 Å². The third-order valence-corrected chi connectivity index (χ3v) is 5.92. The molecule has 1 amide bonds. The van der Waals surface area contributed by atoms with E-state index in [0.29, 0.717) is 0 Å². The van der Waals surface area contributed by atoms with Gasteiger partial charge in [-0.25, -0.2) is 0 Å². The van der Waals surface area contributed by atoms with E-state index in [-0.39, 0.29) is 11.4 Å². The Hall–Kier alpha value is -1.50. The Kier molecular flexibility index (Phi) is 4.30. The first-order valence-corrected chi connectivity index (χ1v) is 9.58. The number of carbonyl (C=O) groups excluding carboxylic acids is 1. The maximum atomic E-state index is 13.3. The largest absolute Gasteiger partial charge is 0.493 e. The number of carbonyl (C=O) groups is 1. The number of fused-ring (bicyclic) bond motifs is 1. The minimum Gasteiger partial charge on any atom is -0.493 e. The highest BCUT2D eigenvalue weighted by molar-refractivity contribution is 9.10. The first kappa shape index (κ1) is 16.9. The van der Waals surface area contributed by atoms with Crippen LogP contribution in [0.5, 0.6) is 5.75 Å². The second kappa shape index (κ2) is 6.34. The molecular formula is C19H19BrN2O2S.